The molecule has 0 heterocycles. The summed E-state index contributed by atoms with van der Waals surface area (Å²) in [5, 5.41) is 12.3. The van der Waals surface area contributed by atoms with Gasteiger partial charge in [0.05, 0.1) is 0 Å². The summed E-state index contributed by atoms with van der Waals surface area (Å²) in [7, 11) is 0. The monoisotopic (exact) mass is 502 g/mol. The van der Waals surface area contributed by atoms with Crippen LogP contribution in [0.25, 0.3) is 33.4 Å². The third-order valence-corrected chi connectivity index (χ3v) is 6.88. The van der Waals surface area contributed by atoms with E-state index in [1.54, 1.807) is 17.8 Å². The first kappa shape index (κ1) is 28.3. The molecule has 4 aromatic carbocycles. The third-order valence-electron chi connectivity index (χ3n) is 6.24. The standard InChI is InChI=1S/C31H29NO3S.Li/c1-21-8-6-7-11-26(21)28-20-25(24-14-12-23(13-15-24)22-9-4-3-5-10-22)16-17-27(28)30(33)32-29(31(34)35)18-19-36-2;/h3-17,20,29H,18-19H2,1-2H3,(H,32,33)(H,34,35);/q;+1. The number of aliphatic carboxylic acids is 1. The molecule has 0 bridgehead atoms. The molecule has 0 aromatic heterocycles. The first-order chi connectivity index (χ1) is 17.5. The molecule has 0 aliphatic heterocycles. The maximum absolute atomic E-state index is 13.3. The molecule has 4 aromatic rings. The van der Waals surface area contributed by atoms with Crippen molar-refractivity contribution in [3.05, 3.63) is 108 Å². The fraction of sp³-hybridized carbons (Fsp3) is 0.161. The first-order valence-corrected chi connectivity index (χ1v) is 13.3. The molecule has 0 aliphatic carbocycles. The van der Waals surface area contributed by atoms with E-state index in [1.165, 1.54) is 0 Å². The Morgan fingerprint density at radius 3 is 1.97 bits per heavy atom. The van der Waals surface area contributed by atoms with Crippen LogP contribution in [0.15, 0.2) is 97.1 Å². The summed E-state index contributed by atoms with van der Waals surface area (Å²) in [5.41, 5.74) is 7.56. The van der Waals surface area contributed by atoms with Crippen LogP contribution in [0.1, 0.15) is 22.3 Å². The number of nitrogens with one attached hydrogen (secondary N) is 1. The van der Waals surface area contributed by atoms with Crippen molar-refractivity contribution < 1.29 is 33.6 Å². The molecule has 0 spiro atoms. The number of thioether (sulfide) groups is 1. The van der Waals surface area contributed by atoms with E-state index in [0.717, 1.165) is 38.9 Å². The van der Waals surface area contributed by atoms with Gasteiger partial charge in [0.15, 0.2) is 0 Å². The third kappa shape index (κ3) is 6.96. The molecule has 0 saturated heterocycles. The van der Waals surface area contributed by atoms with E-state index in [1.807, 2.05) is 67.8 Å². The fourth-order valence-corrected chi connectivity index (χ4v) is 4.71. The molecular formula is C31H29LiNO3S+. The van der Waals surface area contributed by atoms with E-state index >= 15 is 0 Å². The Morgan fingerprint density at radius 2 is 1.35 bits per heavy atom. The number of carbonyl (C=O) groups excluding carboxylic acids is 1. The minimum absolute atomic E-state index is 0. The molecule has 37 heavy (non-hydrogen) atoms. The Morgan fingerprint density at radius 1 is 0.784 bits per heavy atom. The summed E-state index contributed by atoms with van der Waals surface area (Å²) < 4.78 is 0. The van der Waals surface area contributed by atoms with Crippen LogP contribution in [0.5, 0.6) is 0 Å². The van der Waals surface area contributed by atoms with Crippen LogP contribution < -0.4 is 24.2 Å². The van der Waals surface area contributed by atoms with Crippen molar-refractivity contribution in [2.45, 2.75) is 19.4 Å². The smallest absolute Gasteiger partial charge is 0.480 e. The number of hydrogen-bond acceptors (Lipinski definition) is 3. The maximum Gasteiger partial charge on any atom is 1.00 e. The number of benzene rings is 4. The van der Waals surface area contributed by atoms with Crippen LogP contribution in [0, 0.1) is 6.92 Å². The van der Waals surface area contributed by atoms with Crippen molar-refractivity contribution in [2.24, 2.45) is 0 Å². The molecule has 1 unspecified atom stereocenters. The SMILES string of the molecule is CSCCC(NC(=O)c1ccc(-c2ccc(-c3ccccc3)cc2)cc1-c1ccccc1C)C(=O)O.[Li+]. The topological polar surface area (TPSA) is 66.4 Å². The average molecular weight is 503 g/mol. The zero-order valence-corrected chi connectivity index (χ0v) is 22.2. The number of rotatable bonds is 9. The van der Waals surface area contributed by atoms with Crippen molar-refractivity contribution in [3.63, 3.8) is 0 Å². The number of carbonyl (C=O) groups is 2. The van der Waals surface area contributed by atoms with Crippen LogP contribution >= 0.6 is 11.8 Å². The average Bonchev–Trinajstić information content (AvgIpc) is 2.91. The van der Waals surface area contributed by atoms with Gasteiger partial charge in [-0.3, -0.25) is 4.79 Å². The largest absolute Gasteiger partial charge is 1.00 e. The van der Waals surface area contributed by atoms with E-state index in [4.69, 9.17) is 0 Å². The van der Waals surface area contributed by atoms with Gasteiger partial charge < -0.3 is 10.4 Å². The Labute approximate surface area is 234 Å². The van der Waals surface area contributed by atoms with Gasteiger partial charge in [0.2, 0.25) is 0 Å². The van der Waals surface area contributed by atoms with E-state index in [2.05, 4.69) is 41.7 Å². The molecule has 6 heteroatoms. The van der Waals surface area contributed by atoms with Crippen LogP contribution in [0.2, 0.25) is 0 Å². The van der Waals surface area contributed by atoms with Gasteiger partial charge in [-0.1, -0.05) is 84.9 Å². The second-order valence-electron chi connectivity index (χ2n) is 8.66. The normalized spacial score (nSPS) is 11.3. The summed E-state index contributed by atoms with van der Waals surface area (Å²) >= 11 is 1.56. The van der Waals surface area contributed by atoms with Gasteiger partial charge in [-0.05, 0) is 76.4 Å². The fourth-order valence-electron chi connectivity index (χ4n) is 4.23. The van der Waals surface area contributed by atoms with Gasteiger partial charge in [0, 0.05) is 5.56 Å². The Bertz CT molecular complexity index is 1360. The quantitative estimate of drug-likeness (QED) is 0.341. The zero-order valence-electron chi connectivity index (χ0n) is 21.4. The van der Waals surface area contributed by atoms with Crippen molar-refractivity contribution in [3.8, 4) is 33.4 Å². The molecule has 4 nitrogen and oxygen atoms in total. The van der Waals surface area contributed by atoms with E-state index in [0.29, 0.717) is 17.7 Å². The second kappa shape index (κ2) is 13.4. The Hall–Kier alpha value is -3.23. The van der Waals surface area contributed by atoms with Gasteiger partial charge in [-0.15, -0.1) is 0 Å². The van der Waals surface area contributed by atoms with Crippen LogP contribution in [-0.4, -0.2) is 35.0 Å². The number of aryl methyl sites for hydroxylation is 1. The van der Waals surface area contributed by atoms with Crippen LogP contribution in [0.4, 0.5) is 0 Å². The van der Waals surface area contributed by atoms with E-state index in [9.17, 15) is 14.7 Å². The summed E-state index contributed by atoms with van der Waals surface area (Å²) in [6.07, 6.45) is 2.29. The van der Waals surface area contributed by atoms with Crippen LogP contribution in [0.3, 0.4) is 0 Å². The molecule has 0 radical (unpaired) electrons. The number of carboxylic acids is 1. The molecule has 182 valence electrons. The van der Waals surface area contributed by atoms with Crippen molar-refractivity contribution >= 4 is 23.6 Å². The van der Waals surface area contributed by atoms with E-state index in [-0.39, 0.29) is 24.8 Å². The van der Waals surface area contributed by atoms with Crippen molar-refractivity contribution in [2.75, 3.05) is 12.0 Å². The second-order valence-corrected chi connectivity index (χ2v) is 9.65. The molecule has 1 atom stereocenters. The zero-order chi connectivity index (χ0) is 25.5. The van der Waals surface area contributed by atoms with Gasteiger partial charge in [-0.2, -0.15) is 11.8 Å². The Kier molecular flexibility index (Phi) is 10.2. The molecule has 0 aliphatic rings. The van der Waals surface area contributed by atoms with E-state index < -0.39 is 12.0 Å². The van der Waals surface area contributed by atoms with Gasteiger partial charge >= 0.3 is 24.8 Å². The molecule has 4 rings (SSSR count). The predicted octanol–water partition coefficient (Wildman–Crippen LogP) is 3.94. The van der Waals surface area contributed by atoms with Gasteiger partial charge in [0.25, 0.3) is 5.91 Å². The Balaban J connectivity index is 0.00000380. The van der Waals surface area contributed by atoms with Gasteiger partial charge in [0.1, 0.15) is 6.04 Å². The maximum atomic E-state index is 13.3. The summed E-state index contributed by atoms with van der Waals surface area (Å²) in [5.74, 6) is -0.752. The minimum atomic E-state index is -1.02. The number of carboxylic acid groups (broad SMARTS) is 1. The molecule has 1 amide bonds. The number of amides is 1. The molecular weight excluding hydrogens is 473 g/mol. The minimum Gasteiger partial charge on any atom is -0.480 e. The summed E-state index contributed by atoms with van der Waals surface area (Å²) in [4.78, 5) is 25.0. The first-order valence-electron chi connectivity index (χ1n) is 11.9. The summed E-state index contributed by atoms with van der Waals surface area (Å²) in [6.45, 7) is 2.01. The predicted molar refractivity (Wildman–Crippen MR) is 149 cm³/mol. The van der Waals surface area contributed by atoms with Crippen molar-refractivity contribution in [1.82, 2.24) is 5.32 Å². The molecule has 0 fully saturated rings. The van der Waals surface area contributed by atoms with Crippen molar-refractivity contribution in [1.29, 1.82) is 0 Å². The van der Waals surface area contributed by atoms with Gasteiger partial charge in [-0.25, -0.2) is 4.79 Å². The summed E-state index contributed by atoms with van der Waals surface area (Å²) in [6, 6.07) is 31.3. The molecule has 0 saturated carbocycles. The number of hydrogen-bond donors (Lipinski definition) is 2. The van der Waals surface area contributed by atoms with Crippen LogP contribution in [-0.2, 0) is 4.79 Å². The molecule has 2 N–H and O–H groups in total.